The van der Waals surface area contributed by atoms with Gasteiger partial charge in [-0.25, -0.2) is 4.57 Å². The Kier molecular flexibility index (Phi) is 7.26. The minimum absolute atomic E-state index is 0.0657. The normalized spacial score (nSPS) is 11.1. The van der Waals surface area contributed by atoms with Gasteiger partial charge in [-0.1, -0.05) is 24.3 Å². The second kappa shape index (κ2) is 8.72. The minimum atomic E-state index is -3.68. The van der Waals surface area contributed by atoms with Crippen LogP contribution in [0, 0.1) is 0 Å². The molecular weight excluding hydrogens is 279 g/mol. The van der Waals surface area contributed by atoms with Crippen LogP contribution in [0.4, 0.5) is 0 Å². The number of methoxy groups -OCH3 is 1. The molecule has 1 aromatic rings. The number of hydrogen-bond acceptors (Lipinski definition) is 5. The van der Waals surface area contributed by atoms with Crippen molar-refractivity contribution in [3.8, 4) is 5.75 Å². The van der Waals surface area contributed by atoms with Crippen LogP contribution in [0.3, 0.4) is 0 Å². The van der Waals surface area contributed by atoms with Gasteiger partial charge in [-0.05, 0) is 17.7 Å². The van der Waals surface area contributed by atoms with E-state index in [4.69, 9.17) is 18.3 Å². The molecule has 20 heavy (non-hydrogen) atoms. The van der Waals surface area contributed by atoms with Gasteiger partial charge >= 0.3 is 7.82 Å². The lowest BCUT2D eigenvalue weighted by atomic mass is 10.2. The van der Waals surface area contributed by atoms with E-state index in [2.05, 4.69) is 13.2 Å². The van der Waals surface area contributed by atoms with Crippen LogP contribution in [0.1, 0.15) is 5.56 Å². The van der Waals surface area contributed by atoms with E-state index in [1.807, 2.05) is 12.1 Å². The number of phosphoric acid groups is 1. The van der Waals surface area contributed by atoms with Crippen molar-refractivity contribution < 1.29 is 22.9 Å². The molecule has 1 aromatic carbocycles. The summed E-state index contributed by atoms with van der Waals surface area (Å²) in [6.07, 6.45) is 2.93. The molecule has 0 amide bonds. The molecule has 0 N–H and O–H groups in total. The smallest absolute Gasteiger partial charge is 0.404 e. The SMILES string of the molecule is C=CCOP(=O)(OCC=C)Oc1ccc(COC)cc1. The number of hydrogen-bond donors (Lipinski definition) is 0. The second-order valence-electron chi connectivity index (χ2n) is 3.78. The maximum atomic E-state index is 12.3. The maximum absolute atomic E-state index is 12.3. The van der Waals surface area contributed by atoms with Crippen molar-refractivity contribution in [1.82, 2.24) is 0 Å². The average Bonchev–Trinajstić information content (AvgIpc) is 2.46. The fourth-order valence-corrected chi connectivity index (χ4v) is 2.46. The molecule has 0 aromatic heterocycles. The van der Waals surface area contributed by atoms with E-state index in [9.17, 15) is 4.57 Å². The zero-order chi connectivity index (χ0) is 14.8. The molecule has 0 aliphatic carbocycles. The summed E-state index contributed by atoms with van der Waals surface area (Å²) >= 11 is 0. The molecule has 0 bridgehead atoms. The molecule has 0 heterocycles. The van der Waals surface area contributed by atoms with Crippen LogP contribution in [0.25, 0.3) is 0 Å². The Morgan fingerprint density at radius 2 is 1.65 bits per heavy atom. The molecular formula is C14H19O5P. The van der Waals surface area contributed by atoms with Crippen LogP contribution < -0.4 is 4.52 Å². The van der Waals surface area contributed by atoms with E-state index < -0.39 is 7.82 Å². The van der Waals surface area contributed by atoms with Crippen molar-refractivity contribution in [1.29, 1.82) is 0 Å². The van der Waals surface area contributed by atoms with E-state index in [0.717, 1.165) is 5.56 Å². The first-order valence-corrected chi connectivity index (χ1v) is 7.48. The van der Waals surface area contributed by atoms with E-state index in [1.54, 1.807) is 19.2 Å². The van der Waals surface area contributed by atoms with Gasteiger partial charge in [0.2, 0.25) is 0 Å². The summed E-state index contributed by atoms with van der Waals surface area (Å²) < 4.78 is 32.8. The van der Waals surface area contributed by atoms with Crippen molar-refractivity contribution in [2.75, 3.05) is 20.3 Å². The molecule has 1 rings (SSSR count). The standard InChI is InChI=1S/C14H19O5P/c1-4-10-17-20(15,18-11-5-2)19-14-8-6-13(7-9-14)12-16-3/h4-9H,1-2,10-12H2,3H3. The summed E-state index contributed by atoms with van der Waals surface area (Å²) in [5.74, 6) is 0.390. The largest absolute Gasteiger partial charge is 0.530 e. The van der Waals surface area contributed by atoms with Crippen LogP contribution in [0.2, 0.25) is 0 Å². The first kappa shape index (κ1) is 16.7. The fourth-order valence-electron chi connectivity index (χ4n) is 1.32. The minimum Gasteiger partial charge on any atom is -0.404 e. The van der Waals surface area contributed by atoms with Gasteiger partial charge in [0.15, 0.2) is 0 Å². The lowest BCUT2D eigenvalue weighted by Crippen LogP contribution is -2.03. The van der Waals surface area contributed by atoms with Gasteiger partial charge in [-0.2, -0.15) is 0 Å². The molecule has 0 atom stereocenters. The van der Waals surface area contributed by atoms with Crippen LogP contribution in [-0.2, 0) is 25.0 Å². The van der Waals surface area contributed by atoms with Crippen molar-refractivity contribution in [3.63, 3.8) is 0 Å². The fraction of sp³-hybridized carbons (Fsp3) is 0.286. The number of benzene rings is 1. The quantitative estimate of drug-likeness (QED) is 0.486. The van der Waals surface area contributed by atoms with Gasteiger partial charge in [0.05, 0.1) is 19.8 Å². The maximum Gasteiger partial charge on any atom is 0.530 e. The van der Waals surface area contributed by atoms with E-state index in [1.165, 1.54) is 12.2 Å². The van der Waals surface area contributed by atoms with Gasteiger partial charge in [-0.15, -0.1) is 13.2 Å². The molecule has 0 saturated carbocycles. The average molecular weight is 298 g/mol. The highest BCUT2D eigenvalue weighted by atomic mass is 31.2. The zero-order valence-electron chi connectivity index (χ0n) is 11.5. The highest BCUT2D eigenvalue weighted by Crippen LogP contribution is 2.49. The topological polar surface area (TPSA) is 54.0 Å². The third-order valence-corrected chi connectivity index (χ3v) is 3.52. The highest BCUT2D eigenvalue weighted by Gasteiger charge is 2.27. The monoisotopic (exact) mass is 298 g/mol. The van der Waals surface area contributed by atoms with Crippen LogP contribution in [0.15, 0.2) is 49.6 Å². The summed E-state index contributed by atoms with van der Waals surface area (Å²) in [5, 5.41) is 0. The van der Waals surface area contributed by atoms with Gasteiger partial charge in [-0.3, -0.25) is 9.05 Å². The Hall–Kier alpha value is -1.39. The second-order valence-corrected chi connectivity index (χ2v) is 5.38. The Morgan fingerprint density at radius 1 is 1.10 bits per heavy atom. The summed E-state index contributed by atoms with van der Waals surface area (Å²) in [6, 6.07) is 6.97. The van der Waals surface area contributed by atoms with Gasteiger partial charge in [0, 0.05) is 7.11 Å². The third kappa shape index (κ3) is 5.72. The molecule has 0 fully saturated rings. The van der Waals surface area contributed by atoms with E-state index in [0.29, 0.717) is 12.4 Å². The molecule has 0 aliphatic rings. The van der Waals surface area contributed by atoms with Gasteiger partial charge < -0.3 is 9.26 Å². The molecule has 6 heteroatoms. The van der Waals surface area contributed by atoms with Crippen LogP contribution in [0.5, 0.6) is 5.75 Å². The zero-order valence-corrected chi connectivity index (χ0v) is 12.4. The van der Waals surface area contributed by atoms with Crippen LogP contribution in [-0.4, -0.2) is 20.3 Å². The third-order valence-electron chi connectivity index (χ3n) is 2.15. The number of rotatable bonds is 10. The lowest BCUT2D eigenvalue weighted by Gasteiger charge is -2.17. The summed E-state index contributed by atoms with van der Waals surface area (Å²) in [7, 11) is -2.06. The van der Waals surface area contributed by atoms with Crippen molar-refractivity contribution in [3.05, 3.63) is 55.1 Å². The number of ether oxygens (including phenoxy) is 1. The molecule has 0 radical (unpaired) electrons. The Bertz CT molecular complexity index is 453. The Morgan fingerprint density at radius 3 is 2.10 bits per heavy atom. The molecule has 5 nitrogen and oxygen atoms in total. The summed E-state index contributed by atoms with van der Waals surface area (Å²) in [5.41, 5.74) is 0.980. The summed E-state index contributed by atoms with van der Waals surface area (Å²) in [6.45, 7) is 7.61. The first-order chi connectivity index (χ1) is 9.63. The summed E-state index contributed by atoms with van der Waals surface area (Å²) in [4.78, 5) is 0. The van der Waals surface area contributed by atoms with Crippen molar-refractivity contribution in [2.24, 2.45) is 0 Å². The van der Waals surface area contributed by atoms with Gasteiger partial charge in [0.25, 0.3) is 0 Å². The van der Waals surface area contributed by atoms with Gasteiger partial charge in [0.1, 0.15) is 5.75 Å². The number of phosphoric ester groups is 1. The van der Waals surface area contributed by atoms with Crippen molar-refractivity contribution in [2.45, 2.75) is 6.61 Å². The Labute approximate surface area is 119 Å². The van der Waals surface area contributed by atoms with Crippen molar-refractivity contribution >= 4 is 7.82 Å². The predicted octanol–water partition coefficient (Wildman–Crippen LogP) is 3.73. The Balaban J connectivity index is 2.74. The van der Waals surface area contributed by atoms with E-state index >= 15 is 0 Å². The lowest BCUT2D eigenvalue weighted by molar-refractivity contribution is 0.180. The van der Waals surface area contributed by atoms with Crippen LogP contribution >= 0.6 is 7.82 Å². The highest BCUT2D eigenvalue weighted by molar-refractivity contribution is 7.48. The molecule has 0 aliphatic heterocycles. The molecule has 0 unspecified atom stereocenters. The van der Waals surface area contributed by atoms with E-state index in [-0.39, 0.29) is 13.2 Å². The molecule has 0 saturated heterocycles. The first-order valence-electron chi connectivity index (χ1n) is 6.02. The predicted molar refractivity (Wildman–Crippen MR) is 77.7 cm³/mol. The molecule has 110 valence electrons. The molecule has 0 spiro atoms.